The summed E-state index contributed by atoms with van der Waals surface area (Å²) >= 11 is 0. The van der Waals surface area contributed by atoms with E-state index < -0.39 is 26.5 Å². The summed E-state index contributed by atoms with van der Waals surface area (Å²) < 4.78 is 34.2. The zero-order valence-electron chi connectivity index (χ0n) is 32.7. The number of unbranched alkanes of at least 4 members (excludes halogenated alkanes) is 23. The van der Waals surface area contributed by atoms with Gasteiger partial charge in [-0.2, -0.15) is 0 Å². The van der Waals surface area contributed by atoms with Gasteiger partial charge in [-0.05, 0) is 12.8 Å². The standard InChI is InChI=1S/C39H78NO8P/c1-6-8-10-12-14-16-18-19-20-21-22-24-25-27-29-31-38(41)45-35-37(36-47-49(43,44)46-34-33-40(3,4)5)48-39(42)32-30-28-26-23-17-15-13-11-9-7-2/h37H,6-36H2,1-5H3/p+1. The van der Waals surface area contributed by atoms with Crippen molar-refractivity contribution in [3.05, 3.63) is 0 Å². The lowest BCUT2D eigenvalue weighted by atomic mass is 10.0. The Hall–Kier alpha value is -0.990. The van der Waals surface area contributed by atoms with Crippen molar-refractivity contribution in [2.24, 2.45) is 0 Å². The van der Waals surface area contributed by atoms with Crippen LogP contribution in [0.15, 0.2) is 0 Å². The van der Waals surface area contributed by atoms with E-state index in [-0.39, 0.29) is 25.6 Å². The lowest BCUT2D eigenvalue weighted by Gasteiger charge is -2.24. The number of phosphoric ester groups is 1. The van der Waals surface area contributed by atoms with Crippen molar-refractivity contribution in [2.45, 2.75) is 193 Å². The number of rotatable bonds is 37. The molecule has 0 amide bonds. The third-order valence-electron chi connectivity index (χ3n) is 8.89. The van der Waals surface area contributed by atoms with Crippen LogP contribution in [0.25, 0.3) is 0 Å². The van der Waals surface area contributed by atoms with Crippen LogP contribution >= 0.6 is 7.82 Å². The van der Waals surface area contributed by atoms with Crippen molar-refractivity contribution in [1.29, 1.82) is 0 Å². The average molecular weight is 721 g/mol. The molecule has 2 unspecified atom stereocenters. The first-order valence-electron chi connectivity index (χ1n) is 20.3. The number of carbonyl (C=O) groups excluding carboxylic acids is 2. The molecule has 0 aromatic carbocycles. The summed E-state index contributed by atoms with van der Waals surface area (Å²) in [6.45, 7) is 4.42. The molecule has 0 aliphatic heterocycles. The van der Waals surface area contributed by atoms with Crippen LogP contribution in [0.5, 0.6) is 0 Å². The first kappa shape index (κ1) is 48.0. The van der Waals surface area contributed by atoms with E-state index in [4.69, 9.17) is 18.5 Å². The lowest BCUT2D eigenvalue weighted by molar-refractivity contribution is -0.870. The van der Waals surface area contributed by atoms with Gasteiger partial charge >= 0.3 is 19.8 Å². The van der Waals surface area contributed by atoms with E-state index in [1.165, 1.54) is 122 Å². The lowest BCUT2D eigenvalue weighted by Crippen LogP contribution is -2.37. The van der Waals surface area contributed by atoms with E-state index >= 15 is 0 Å². The van der Waals surface area contributed by atoms with Gasteiger partial charge < -0.3 is 18.9 Å². The van der Waals surface area contributed by atoms with Gasteiger partial charge in [-0.15, -0.1) is 0 Å². The highest BCUT2D eigenvalue weighted by molar-refractivity contribution is 7.47. The van der Waals surface area contributed by atoms with Crippen LogP contribution in [-0.2, 0) is 32.7 Å². The second-order valence-electron chi connectivity index (χ2n) is 15.0. The minimum Gasteiger partial charge on any atom is -0.462 e. The molecule has 0 spiro atoms. The van der Waals surface area contributed by atoms with Gasteiger partial charge in [-0.3, -0.25) is 18.6 Å². The topological polar surface area (TPSA) is 108 Å². The minimum atomic E-state index is -4.36. The quantitative estimate of drug-likeness (QED) is 0.0292. The molecule has 0 bridgehead atoms. The van der Waals surface area contributed by atoms with Gasteiger partial charge in [0.05, 0.1) is 27.7 Å². The predicted molar refractivity (Wildman–Crippen MR) is 201 cm³/mol. The number of carbonyl (C=O) groups is 2. The van der Waals surface area contributed by atoms with E-state index in [0.717, 1.165) is 32.1 Å². The second-order valence-corrected chi connectivity index (χ2v) is 16.5. The molecule has 1 N–H and O–H groups in total. The number of hydrogen-bond acceptors (Lipinski definition) is 7. The predicted octanol–water partition coefficient (Wildman–Crippen LogP) is 10.9. The summed E-state index contributed by atoms with van der Waals surface area (Å²) in [6.07, 6.45) is 30.0. The number of hydrogen-bond donors (Lipinski definition) is 1. The molecular weight excluding hydrogens is 641 g/mol. The van der Waals surface area contributed by atoms with Gasteiger partial charge in [0, 0.05) is 12.8 Å². The number of phosphoric acid groups is 1. The summed E-state index contributed by atoms with van der Waals surface area (Å²) in [7, 11) is 1.49. The fraction of sp³-hybridized carbons (Fsp3) is 0.949. The SMILES string of the molecule is CCCCCCCCCCCCCCCCCC(=O)OCC(COP(=O)(O)OCC[N+](C)(C)C)OC(=O)CCCCCCCCCCCC. The molecule has 9 nitrogen and oxygen atoms in total. The van der Waals surface area contributed by atoms with Gasteiger partial charge in [-0.1, -0.05) is 162 Å². The van der Waals surface area contributed by atoms with Crippen molar-refractivity contribution in [3.8, 4) is 0 Å². The molecule has 0 saturated carbocycles. The Kier molecular flexibility index (Phi) is 32.2. The van der Waals surface area contributed by atoms with Gasteiger partial charge in [0.25, 0.3) is 0 Å². The molecule has 0 saturated heterocycles. The Morgan fingerprint density at radius 1 is 0.551 bits per heavy atom. The number of likely N-dealkylation sites (N-methyl/N-ethyl adjacent to an activating group) is 1. The molecule has 0 fully saturated rings. The van der Waals surface area contributed by atoms with E-state index in [2.05, 4.69) is 13.8 Å². The Morgan fingerprint density at radius 2 is 0.918 bits per heavy atom. The first-order valence-corrected chi connectivity index (χ1v) is 21.8. The van der Waals surface area contributed by atoms with Crippen molar-refractivity contribution < 1.29 is 42.1 Å². The molecule has 49 heavy (non-hydrogen) atoms. The van der Waals surface area contributed by atoms with Gasteiger partial charge in [0.1, 0.15) is 19.8 Å². The van der Waals surface area contributed by atoms with Crippen LogP contribution in [-0.4, -0.2) is 74.9 Å². The zero-order valence-corrected chi connectivity index (χ0v) is 33.6. The van der Waals surface area contributed by atoms with Crippen LogP contribution < -0.4 is 0 Å². The van der Waals surface area contributed by atoms with Crippen molar-refractivity contribution in [3.63, 3.8) is 0 Å². The molecule has 0 aliphatic rings. The average Bonchev–Trinajstić information content (AvgIpc) is 3.04. The maximum atomic E-state index is 12.6. The van der Waals surface area contributed by atoms with E-state index in [9.17, 15) is 19.0 Å². The van der Waals surface area contributed by atoms with Gasteiger partial charge in [0.15, 0.2) is 6.10 Å². The van der Waals surface area contributed by atoms with Crippen LogP contribution in [0.3, 0.4) is 0 Å². The summed E-state index contributed by atoms with van der Waals surface area (Å²) in [4.78, 5) is 35.2. The fourth-order valence-corrected chi connectivity index (χ4v) is 6.40. The van der Waals surface area contributed by atoms with E-state index in [1.54, 1.807) is 0 Å². The molecule has 2 atom stereocenters. The van der Waals surface area contributed by atoms with Crippen LogP contribution in [0.2, 0.25) is 0 Å². The fourth-order valence-electron chi connectivity index (χ4n) is 5.66. The van der Waals surface area contributed by atoms with E-state index in [1.807, 2.05) is 21.1 Å². The number of esters is 2. The molecule has 0 aromatic heterocycles. The summed E-state index contributed by atoms with van der Waals surface area (Å²) in [6, 6.07) is 0. The Labute approximate surface area is 302 Å². The highest BCUT2D eigenvalue weighted by atomic mass is 31.2. The third-order valence-corrected chi connectivity index (χ3v) is 9.87. The number of ether oxygens (including phenoxy) is 2. The smallest absolute Gasteiger partial charge is 0.462 e. The minimum absolute atomic E-state index is 0.0364. The second kappa shape index (κ2) is 32.9. The van der Waals surface area contributed by atoms with Crippen LogP contribution in [0.1, 0.15) is 187 Å². The number of quaternary nitrogens is 1. The first-order chi connectivity index (χ1) is 23.5. The monoisotopic (exact) mass is 721 g/mol. The van der Waals surface area contributed by atoms with Crippen LogP contribution in [0.4, 0.5) is 0 Å². The summed E-state index contributed by atoms with van der Waals surface area (Å²) in [5, 5.41) is 0. The number of nitrogens with zero attached hydrogens (tertiary/aromatic N) is 1. The summed E-state index contributed by atoms with van der Waals surface area (Å²) in [5.41, 5.74) is 0. The largest absolute Gasteiger partial charge is 0.472 e. The molecule has 10 heteroatoms. The van der Waals surface area contributed by atoms with Crippen molar-refractivity contribution >= 4 is 19.8 Å². The van der Waals surface area contributed by atoms with Gasteiger partial charge in [0.2, 0.25) is 0 Å². The van der Waals surface area contributed by atoms with E-state index in [0.29, 0.717) is 23.9 Å². The maximum absolute atomic E-state index is 12.6. The highest BCUT2D eigenvalue weighted by Gasteiger charge is 2.27. The molecule has 0 heterocycles. The Balaban J connectivity index is 4.34. The van der Waals surface area contributed by atoms with Crippen molar-refractivity contribution in [2.75, 3.05) is 47.5 Å². The van der Waals surface area contributed by atoms with Gasteiger partial charge in [-0.25, -0.2) is 4.57 Å². The molecule has 0 radical (unpaired) electrons. The molecule has 0 rings (SSSR count). The summed E-state index contributed by atoms with van der Waals surface area (Å²) in [5.74, 6) is -0.790. The normalized spacial score (nSPS) is 13.7. The molecule has 0 aliphatic carbocycles. The van der Waals surface area contributed by atoms with Crippen molar-refractivity contribution in [1.82, 2.24) is 0 Å². The maximum Gasteiger partial charge on any atom is 0.472 e. The van der Waals surface area contributed by atoms with Crippen LogP contribution in [0, 0.1) is 0 Å². The third kappa shape index (κ3) is 36.6. The Bertz CT molecular complexity index is 819. The molecule has 292 valence electrons. The highest BCUT2D eigenvalue weighted by Crippen LogP contribution is 2.43. The Morgan fingerprint density at radius 3 is 1.31 bits per heavy atom. The molecular formula is C39H79NO8P+. The molecule has 0 aromatic rings. The zero-order chi connectivity index (χ0) is 36.5.